The molecule has 0 unspecified atom stereocenters. The lowest BCUT2D eigenvalue weighted by molar-refractivity contribution is 0.190. The molecule has 128 valence electrons. The number of ether oxygens (including phenoxy) is 1. The zero-order chi connectivity index (χ0) is 18.2. The van der Waals surface area contributed by atoms with Crippen LogP contribution in [0.25, 0.3) is 11.6 Å². The Kier molecular flexibility index (Phi) is 7.03. The Bertz CT molecular complexity index is 973. The number of nitriles is 2. The van der Waals surface area contributed by atoms with E-state index in [1.807, 2.05) is 42.7 Å². The molecule has 1 aromatic heterocycles. The summed E-state index contributed by atoms with van der Waals surface area (Å²) < 4.78 is 7.42. The molecule has 0 bridgehead atoms. The van der Waals surface area contributed by atoms with E-state index in [1.165, 1.54) is 15.9 Å². The molecule has 0 spiro atoms. The summed E-state index contributed by atoms with van der Waals surface area (Å²) in [5, 5.41) is 18.3. The van der Waals surface area contributed by atoms with E-state index >= 15 is 0 Å². The molecule has 0 amide bonds. The quantitative estimate of drug-likeness (QED) is 0.570. The zero-order valence-corrected chi connectivity index (χ0v) is 15.6. The van der Waals surface area contributed by atoms with Crippen molar-refractivity contribution in [2.75, 3.05) is 20.0 Å². The van der Waals surface area contributed by atoms with Crippen LogP contribution in [-0.2, 0) is 11.3 Å². The maximum atomic E-state index is 12.7. The Morgan fingerprint density at radius 1 is 1.32 bits per heavy atom. The lowest BCUT2D eigenvalue weighted by Crippen LogP contribution is -2.32. The van der Waals surface area contributed by atoms with Gasteiger partial charge in [0.2, 0.25) is 0 Å². The van der Waals surface area contributed by atoms with Gasteiger partial charge in [0, 0.05) is 25.2 Å². The third-order valence-corrected chi connectivity index (χ3v) is 5.36. The van der Waals surface area contributed by atoms with Crippen molar-refractivity contribution in [1.29, 1.82) is 10.5 Å². The predicted octanol–water partition coefficient (Wildman–Crippen LogP) is 1.69. The average Bonchev–Trinajstić information content (AvgIpc) is 2.93. The molecule has 25 heavy (non-hydrogen) atoms. The molecule has 0 saturated heterocycles. The summed E-state index contributed by atoms with van der Waals surface area (Å²) in [5.74, 6) is 0. The Balaban J connectivity index is 2.60. The summed E-state index contributed by atoms with van der Waals surface area (Å²) in [6, 6.07) is 11.6. The maximum absolute atomic E-state index is 12.7. The van der Waals surface area contributed by atoms with Crippen molar-refractivity contribution in [1.82, 2.24) is 4.57 Å². The number of methoxy groups -OCH3 is 1. The highest BCUT2D eigenvalue weighted by Gasteiger charge is 2.09. The minimum atomic E-state index is -0.187. The number of thiazole rings is 1. The van der Waals surface area contributed by atoms with Crippen LogP contribution in [0.2, 0.25) is 0 Å². The molecule has 0 saturated carbocycles. The van der Waals surface area contributed by atoms with Gasteiger partial charge in [-0.25, -0.2) is 0 Å². The fourth-order valence-corrected chi connectivity index (χ4v) is 3.73. The van der Waals surface area contributed by atoms with Crippen molar-refractivity contribution in [2.45, 2.75) is 17.9 Å². The standard InChI is InChI=1S/C18H17N3O2S2/c1-23-9-3-8-21-17(22)16(25-18(21)14(11-19)12-20)10-13-4-6-15(24-2)7-5-13/h4-7,10H,3,8-9H2,1-2H3/b16-10+. The van der Waals surface area contributed by atoms with Crippen LogP contribution in [0.5, 0.6) is 0 Å². The van der Waals surface area contributed by atoms with Crippen molar-refractivity contribution in [3.63, 3.8) is 0 Å². The monoisotopic (exact) mass is 371 g/mol. The number of hydrogen-bond donors (Lipinski definition) is 0. The van der Waals surface area contributed by atoms with Crippen LogP contribution in [0, 0.1) is 22.7 Å². The first kappa shape index (κ1) is 19.0. The van der Waals surface area contributed by atoms with Crippen molar-refractivity contribution in [2.24, 2.45) is 0 Å². The molecule has 7 heteroatoms. The van der Waals surface area contributed by atoms with Crippen LogP contribution >= 0.6 is 23.1 Å². The highest BCUT2D eigenvalue weighted by atomic mass is 32.2. The third kappa shape index (κ3) is 4.61. The highest BCUT2D eigenvalue weighted by Crippen LogP contribution is 2.14. The first-order chi connectivity index (χ1) is 12.1. The van der Waals surface area contributed by atoms with Crippen LogP contribution in [-0.4, -0.2) is 24.5 Å². The van der Waals surface area contributed by atoms with E-state index < -0.39 is 0 Å². The van der Waals surface area contributed by atoms with Crippen LogP contribution < -0.4 is 14.8 Å². The number of rotatable bonds is 6. The molecule has 1 aromatic carbocycles. The van der Waals surface area contributed by atoms with Gasteiger partial charge < -0.3 is 4.74 Å². The van der Waals surface area contributed by atoms with Gasteiger partial charge in [-0.05, 0) is 36.4 Å². The Morgan fingerprint density at radius 3 is 2.56 bits per heavy atom. The molecule has 0 fully saturated rings. The van der Waals surface area contributed by atoms with Gasteiger partial charge in [0.05, 0.1) is 4.53 Å². The first-order valence-corrected chi connectivity index (χ1v) is 9.57. The fraction of sp³-hybridized carbons (Fsp3) is 0.278. The number of aromatic nitrogens is 1. The van der Waals surface area contributed by atoms with Crippen molar-refractivity contribution in [3.05, 3.63) is 49.4 Å². The summed E-state index contributed by atoms with van der Waals surface area (Å²) in [6.07, 6.45) is 4.43. The van der Waals surface area contributed by atoms with Gasteiger partial charge in [-0.15, -0.1) is 23.1 Å². The van der Waals surface area contributed by atoms with E-state index in [0.29, 0.717) is 28.8 Å². The lowest BCUT2D eigenvalue weighted by atomic mass is 10.2. The van der Waals surface area contributed by atoms with Crippen LogP contribution in [0.3, 0.4) is 0 Å². The van der Waals surface area contributed by atoms with Crippen molar-refractivity contribution in [3.8, 4) is 12.1 Å². The topological polar surface area (TPSA) is 78.8 Å². The second-order valence-corrected chi connectivity index (χ2v) is 7.00. The molecular formula is C18H17N3O2S2. The number of nitrogens with zero attached hydrogens (tertiary/aromatic N) is 3. The van der Waals surface area contributed by atoms with Gasteiger partial charge in [-0.3, -0.25) is 9.36 Å². The molecule has 2 aromatic rings. The fourth-order valence-electron chi connectivity index (χ4n) is 2.25. The van der Waals surface area contributed by atoms with Crippen molar-refractivity contribution >= 4 is 34.7 Å². The van der Waals surface area contributed by atoms with E-state index in [-0.39, 0.29) is 11.1 Å². The molecule has 2 rings (SSSR count). The molecule has 0 N–H and O–H groups in total. The summed E-state index contributed by atoms with van der Waals surface area (Å²) in [7, 11) is 1.59. The van der Waals surface area contributed by atoms with Gasteiger partial charge in [-0.2, -0.15) is 10.5 Å². The molecule has 0 aliphatic heterocycles. The number of benzene rings is 1. The molecule has 0 atom stereocenters. The second-order valence-electron chi connectivity index (χ2n) is 5.09. The lowest BCUT2D eigenvalue weighted by Gasteiger charge is -2.01. The molecule has 1 heterocycles. The molecule has 0 aliphatic carbocycles. The average molecular weight is 371 g/mol. The summed E-state index contributed by atoms with van der Waals surface area (Å²) in [6.45, 7) is 0.913. The van der Waals surface area contributed by atoms with E-state index in [4.69, 9.17) is 15.3 Å². The molecule has 5 nitrogen and oxygen atoms in total. The molecular weight excluding hydrogens is 354 g/mol. The Labute approximate surface area is 154 Å². The third-order valence-electron chi connectivity index (χ3n) is 3.49. The minimum absolute atomic E-state index is 0.0445. The van der Waals surface area contributed by atoms with E-state index in [1.54, 1.807) is 24.9 Å². The van der Waals surface area contributed by atoms with E-state index in [2.05, 4.69) is 0 Å². The first-order valence-electron chi connectivity index (χ1n) is 7.53. The van der Waals surface area contributed by atoms with E-state index in [0.717, 1.165) is 10.5 Å². The highest BCUT2D eigenvalue weighted by molar-refractivity contribution is 7.98. The summed E-state index contributed by atoms with van der Waals surface area (Å²) in [5.41, 5.74) is 0.673. The van der Waals surface area contributed by atoms with Gasteiger partial charge >= 0.3 is 0 Å². The van der Waals surface area contributed by atoms with Gasteiger partial charge in [0.25, 0.3) is 5.56 Å². The number of thioether (sulfide) groups is 1. The minimum Gasteiger partial charge on any atom is -0.385 e. The normalized spacial score (nSPS) is 11.1. The van der Waals surface area contributed by atoms with Crippen LogP contribution in [0.4, 0.5) is 0 Å². The number of hydrogen-bond acceptors (Lipinski definition) is 6. The zero-order valence-electron chi connectivity index (χ0n) is 14.0. The second kappa shape index (κ2) is 9.24. The van der Waals surface area contributed by atoms with Gasteiger partial charge in [0.1, 0.15) is 16.8 Å². The largest absolute Gasteiger partial charge is 0.385 e. The predicted molar refractivity (Wildman–Crippen MR) is 101 cm³/mol. The van der Waals surface area contributed by atoms with E-state index in [9.17, 15) is 4.79 Å². The van der Waals surface area contributed by atoms with Crippen LogP contribution in [0.1, 0.15) is 12.0 Å². The summed E-state index contributed by atoms with van der Waals surface area (Å²) in [4.78, 5) is 13.9. The SMILES string of the molecule is COCCCn1c(=C(C#N)C#N)s/c(=C/c2ccc(SC)cc2)c1=O. The van der Waals surface area contributed by atoms with Crippen molar-refractivity contribution < 1.29 is 4.74 Å². The smallest absolute Gasteiger partial charge is 0.269 e. The summed E-state index contributed by atoms with van der Waals surface area (Å²) >= 11 is 2.82. The maximum Gasteiger partial charge on any atom is 0.269 e. The van der Waals surface area contributed by atoms with Gasteiger partial charge in [0.15, 0.2) is 5.57 Å². The molecule has 0 aliphatic rings. The van der Waals surface area contributed by atoms with Crippen LogP contribution in [0.15, 0.2) is 34.0 Å². The Morgan fingerprint density at radius 2 is 2.00 bits per heavy atom. The van der Waals surface area contributed by atoms with Gasteiger partial charge in [-0.1, -0.05) is 12.1 Å². The molecule has 0 radical (unpaired) electrons. The Hall–Kier alpha value is -2.32.